The molecule has 92 valence electrons. The molecule has 1 heterocycles. The van der Waals surface area contributed by atoms with Gasteiger partial charge in [0.2, 0.25) is 0 Å². The normalized spacial score (nSPS) is 23.6. The van der Waals surface area contributed by atoms with Crippen LogP contribution in [0.4, 0.5) is 5.69 Å². The molecule has 0 aromatic heterocycles. The van der Waals surface area contributed by atoms with E-state index in [9.17, 15) is 9.90 Å². The number of aromatic hydroxyl groups is 1. The second-order valence-electron chi connectivity index (χ2n) is 4.59. The minimum atomic E-state index is -0.325. The maximum atomic E-state index is 12.0. The fourth-order valence-corrected chi connectivity index (χ4v) is 1.80. The topological polar surface area (TPSA) is 84.6 Å². The van der Waals surface area contributed by atoms with Crippen molar-refractivity contribution in [3.05, 3.63) is 23.8 Å². The third-order valence-corrected chi connectivity index (χ3v) is 2.93. The molecule has 1 amide bonds. The number of ether oxygens (including phenoxy) is 1. The number of nitrogens with one attached hydrogen (secondary N) is 1. The van der Waals surface area contributed by atoms with E-state index in [1.165, 1.54) is 12.1 Å². The summed E-state index contributed by atoms with van der Waals surface area (Å²) in [4.78, 5) is 12.0. The number of rotatable bonds is 2. The maximum Gasteiger partial charge on any atom is 0.251 e. The van der Waals surface area contributed by atoms with E-state index in [0.29, 0.717) is 18.8 Å². The van der Waals surface area contributed by atoms with Crippen molar-refractivity contribution >= 4 is 11.6 Å². The first-order valence-electron chi connectivity index (χ1n) is 5.49. The Morgan fingerprint density at radius 3 is 2.94 bits per heavy atom. The van der Waals surface area contributed by atoms with Crippen molar-refractivity contribution in [3.8, 4) is 5.75 Å². The van der Waals surface area contributed by atoms with Gasteiger partial charge < -0.3 is 20.9 Å². The van der Waals surface area contributed by atoms with Crippen LogP contribution < -0.4 is 11.1 Å². The molecule has 4 N–H and O–H groups in total. The molecule has 0 radical (unpaired) electrons. The highest BCUT2D eigenvalue weighted by Crippen LogP contribution is 2.22. The van der Waals surface area contributed by atoms with Crippen molar-refractivity contribution in [2.75, 3.05) is 18.9 Å². The van der Waals surface area contributed by atoms with Gasteiger partial charge in [0.05, 0.1) is 17.8 Å². The minimum Gasteiger partial charge on any atom is -0.506 e. The number of hydrogen-bond donors (Lipinski definition) is 3. The molecule has 1 aromatic carbocycles. The van der Waals surface area contributed by atoms with Gasteiger partial charge in [0, 0.05) is 12.2 Å². The van der Waals surface area contributed by atoms with Crippen LogP contribution in [-0.4, -0.2) is 29.8 Å². The summed E-state index contributed by atoms with van der Waals surface area (Å²) in [6.45, 7) is 3.11. The third kappa shape index (κ3) is 2.50. The van der Waals surface area contributed by atoms with Crippen molar-refractivity contribution in [2.45, 2.75) is 18.9 Å². The van der Waals surface area contributed by atoms with E-state index >= 15 is 0 Å². The second kappa shape index (κ2) is 4.25. The minimum absolute atomic E-state index is 0.0783. The Kier molecular flexibility index (Phi) is 2.93. The Balaban J connectivity index is 2.11. The fourth-order valence-electron chi connectivity index (χ4n) is 1.80. The van der Waals surface area contributed by atoms with E-state index in [4.69, 9.17) is 10.5 Å². The van der Waals surface area contributed by atoms with Crippen LogP contribution in [0.25, 0.3) is 0 Å². The van der Waals surface area contributed by atoms with Crippen molar-refractivity contribution in [1.82, 2.24) is 5.32 Å². The van der Waals surface area contributed by atoms with Gasteiger partial charge in [-0.3, -0.25) is 4.79 Å². The molecule has 1 atom stereocenters. The SMILES string of the molecule is CC1(NC(=O)c2ccc(N)c(O)c2)CCOC1. The molecular formula is C12H16N2O3. The van der Waals surface area contributed by atoms with Crippen LogP contribution in [0.5, 0.6) is 5.75 Å². The first-order valence-corrected chi connectivity index (χ1v) is 5.49. The summed E-state index contributed by atoms with van der Waals surface area (Å²) < 4.78 is 5.26. The predicted octanol–water partition coefficient (Wildman–Crippen LogP) is 0.883. The third-order valence-electron chi connectivity index (χ3n) is 2.93. The average Bonchev–Trinajstić information content (AvgIpc) is 2.69. The van der Waals surface area contributed by atoms with Gasteiger partial charge in [-0.2, -0.15) is 0 Å². The largest absolute Gasteiger partial charge is 0.506 e. The van der Waals surface area contributed by atoms with Crippen molar-refractivity contribution < 1.29 is 14.6 Å². The molecule has 0 aliphatic carbocycles. The first-order chi connectivity index (χ1) is 8.00. The van der Waals surface area contributed by atoms with Crippen LogP contribution in [0.1, 0.15) is 23.7 Å². The molecule has 0 spiro atoms. The standard InChI is InChI=1S/C12H16N2O3/c1-12(4-5-17-7-12)14-11(16)8-2-3-9(13)10(15)6-8/h2-3,6,15H,4-5,7,13H2,1H3,(H,14,16). The first kappa shape index (κ1) is 11.7. The highest BCUT2D eigenvalue weighted by molar-refractivity contribution is 5.95. The van der Waals surface area contributed by atoms with Gasteiger partial charge in [-0.25, -0.2) is 0 Å². The average molecular weight is 236 g/mol. The lowest BCUT2D eigenvalue weighted by atomic mass is 10.0. The molecular weight excluding hydrogens is 220 g/mol. The van der Waals surface area contributed by atoms with Crippen molar-refractivity contribution in [2.24, 2.45) is 0 Å². The Hall–Kier alpha value is -1.75. The Morgan fingerprint density at radius 1 is 1.59 bits per heavy atom. The zero-order chi connectivity index (χ0) is 12.5. The number of nitrogen functional groups attached to an aromatic ring is 1. The molecule has 1 fully saturated rings. The summed E-state index contributed by atoms with van der Waals surface area (Å²) in [7, 11) is 0. The lowest BCUT2D eigenvalue weighted by molar-refractivity contribution is 0.0889. The quantitative estimate of drug-likeness (QED) is 0.525. The highest BCUT2D eigenvalue weighted by atomic mass is 16.5. The number of nitrogens with two attached hydrogens (primary N) is 1. The number of amides is 1. The van der Waals surface area contributed by atoms with Crippen LogP contribution in [0.2, 0.25) is 0 Å². The molecule has 0 saturated carbocycles. The lowest BCUT2D eigenvalue weighted by Crippen LogP contribution is -2.46. The van der Waals surface area contributed by atoms with E-state index in [-0.39, 0.29) is 22.9 Å². The molecule has 1 aromatic rings. The Labute approximate surface area is 99.6 Å². The van der Waals surface area contributed by atoms with Gasteiger partial charge >= 0.3 is 0 Å². The van der Waals surface area contributed by atoms with E-state index in [2.05, 4.69) is 5.32 Å². The fraction of sp³-hybridized carbons (Fsp3) is 0.417. The number of carbonyl (C=O) groups is 1. The Bertz CT molecular complexity index is 439. The van der Waals surface area contributed by atoms with Gasteiger partial charge in [-0.05, 0) is 31.5 Å². The number of phenolic OH excluding ortho intramolecular Hbond substituents is 1. The number of anilines is 1. The maximum absolute atomic E-state index is 12.0. The molecule has 0 bridgehead atoms. The van der Waals surface area contributed by atoms with Gasteiger partial charge in [-0.1, -0.05) is 0 Å². The number of hydrogen-bond acceptors (Lipinski definition) is 4. The van der Waals surface area contributed by atoms with Gasteiger partial charge in [0.15, 0.2) is 0 Å². The highest BCUT2D eigenvalue weighted by Gasteiger charge is 2.31. The van der Waals surface area contributed by atoms with Gasteiger partial charge in [-0.15, -0.1) is 0 Å². The number of phenols is 1. The van der Waals surface area contributed by atoms with Crippen LogP contribution in [0, 0.1) is 0 Å². The summed E-state index contributed by atoms with van der Waals surface area (Å²) in [5.41, 5.74) is 5.81. The monoisotopic (exact) mass is 236 g/mol. The summed E-state index contributed by atoms with van der Waals surface area (Å²) in [5, 5.41) is 12.3. The molecule has 2 rings (SSSR count). The summed E-state index contributed by atoms with van der Waals surface area (Å²) in [6, 6.07) is 4.46. The van der Waals surface area contributed by atoms with Gasteiger partial charge in [0.1, 0.15) is 5.75 Å². The molecule has 1 aliphatic heterocycles. The number of carbonyl (C=O) groups excluding carboxylic acids is 1. The predicted molar refractivity (Wildman–Crippen MR) is 63.8 cm³/mol. The van der Waals surface area contributed by atoms with Crippen LogP contribution in [0.3, 0.4) is 0 Å². The molecule has 1 aliphatic rings. The summed E-state index contributed by atoms with van der Waals surface area (Å²) in [6.07, 6.45) is 0.791. The smallest absolute Gasteiger partial charge is 0.251 e. The molecule has 1 saturated heterocycles. The molecule has 5 heteroatoms. The van der Waals surface area contributed by atoms with Crippen molar-refractivity contribution in [3.63, 3.8) is 0 Å². The van der Waals surface area contributed by atoms with E-state index in [0.717, 1.165) is 6.42 Å². The zero-order valence-corrected chi connectivity index (χ0v) is 9.69. The van der Waals surface area contributed by atoms with Crippen molar-refractivity contribution in [1.29, 1.82) is 0 Å². The van der Waals surface area contributed by atoms with Gasteiger partial charge in [0.25, 0.3) is 5.91 Å². The second-order valence-corrected chi connectivity index (χ2v) is 4.59. The zero-order valence-electron chi connectivity index (χ0n) is 9.69. The molecule has 5 nitrogen and oxygen atoms in total. The summed E-state index contributed by atoms with van der Waals surface area (Å²) in [5.74, 6) is -0.307. The molecule has 1 unspecified atom stereocenters. The van der Waals surface area contributed by atoms with Crippen LogP contribution in [0.15, 0.2) is 18.2 Å². The van der Waals surface area contributed by atoms with E-state index < -0.39 is 0 Å². The van der Waals surface area contributed by atoms with E-state index in [1.54, 1.807) is 6.07 Å². The summed E-state index contributed by atoms with van der Waals surface area (Å²) >= 11 is 0. The van der Waals surface area contributed by atoms with E-state index in [1.807, 2.05) is 6.92 Å². The Morgan fingerprint density at radius 2 is 2.35 bits per heavy atom. The lowest BCUT2D eigenvalue weighted by Gasteiger charge is -2.23. The van der Waals surface area contributed by atoms with Crippen LogP contribution >= 0.6 is 0 Å². The number of benzene rings is 1. The van der Waals surface area contributed by atoms with Crippen LogP contribution in [-0.2, 0) is 4.74 Å². The molecule has 17 heavy (non-hydrogen) atoms.